The summed E-state index contributed by atoms with van der Waals surface area (Å²) in [6, 6.07) is 0. The van der Waals surface area contributed by atoms with Crippen molar-refractivity contribution in [2.24, 2.45) is 0 Å². The number of ether oxygens (including phenoxy) is 1. The SMILES string of the molecule is COc1c[nH]c2ncc(C(C)(C)C)nc12. The lowest BCUT2D eigenvalue weighted by Gasteiger charge is -2.16. The molecule has 0 amide bonds. The molecule has 0 unspecified atom stereocenters. The van der Waals surface area contributed by atoms with Gasteiger partial charge in [0, 0.05) is 11.6 Å². The van der Waals surface area contributed by atoms with E-state index in [2.05, 4.69) is 35.7 Å². The van der Waals surface area contributed by atoms with Gasteiger partial charge in [-0.2, -0.15) is 0 Å². The van der Waals surface area contributed by atoms with Gasteiger partial charge in [-0.25, -0.2) is 9.97 Å². The van der Waals surface area contributed by atoms with Crippen LogP contribution in [0.15, 0.2) is 12.4 Å². The average Bonchev–Trinajstić information content (AvgIpc) is 2.57. The van der Waals surface area contributed by atoms with E-state index in [4.69, 9.17) is 4.74 Å². The minimum absolute atomic E-state index is 0.00344. The third-order valence-electron chi connectivity index (χ3n) is 2.33. The van der Waals surface area contributed by atoms with Crippen LogP contribution in [0.25, 0.3) is 11.2 Å². The molecule has 0 fully saturated rings. The average molecular weight is 205 g/mol. The van der Waals surface area contributed by atoms with Gasteiger partial charge in [0.25, 0.3) is 0 Å². The van der Waals surface area contributed by atoms with E-state index in [9.17, 15) is 0 Å². The Morgan fingerprint density at radius 3 is 2.67 bits per heavy atom. The van der Waals surface area contributed by atoms with Gasteiger partial charge in [-0.15, -0.1) is 0 Å². The Kier molecular flexibility index (Phi) is 2.14. The van der Waals surface area contributed by atoms with Crippen LogP contribution in [0.1, 0.15) is 26.5 Å². The van der Waals surface area contributed by atoms with Crippen LogP contribution in [0.3, 0.4) is 0 Å². The molecule has 2 rings (SSSR count). The van der Waals surface area contributed by atoms with Gasteiger partial charge >= 0.3 is 0 Å². The summed E-state index contributed by atoms with van der Waals surface area (Å²) in [4.78, 5) is 11.9. The quantitative estimate of drug-likeness (QED) is 0.777. The van der Waals surface area contributed by atoms with Crippen LogP contribution in [-0.2, 0) is 5.41 Å². The molecule has 15 heavy (non-hydrogen) atoms. The summed E-state index contributed by atoms with van der Waals surface area (Å²) in [5.74, 6) is 0.739. The first-order valence-corrected chi connectivity index (χ1v) is 4.91. The lowest BCUT2D eigenvalue weighted by atomic mass is 9.93. The van der Waals surface area contributed by atoms with E-state index in [0.29, 0.717) is 0 Å². The van der Waals surface area contributed by atoms with Crippen LogP contribution in [0, 0.1) is 0 Å². The van der Waals surface area contributed by atoms with Crippen molar-refractivity contribution in [1.29, 1.82) is 0 Å². The lowest BCUT2D eigenvalue weighted by molar-refractivity contribution is 0.418. The second-order valence-electron chi connectivity index (χ2n) is 4.56. The van der Waals surface area contributed by atoms with Crippen LogP contribution in [0.5, 0.6) is 5.75 Å². The van der Waals surface area contributed by atoms with Crippen LogP contribution < -0.4 is 4.74 Å². The predicted octanol–water partition coefficient (Wildman–Crippen LogP) is 2.26. The first kappa shape index (κ1) is 9.96. The highest BCUT2D eigenvalue weighted by atomic mass is 16.5. The van der Waals surface area contributed by atoms with Gasteiger partial charge in [0.05, 0.1) is 19.0 Å². The van der Waals surface area contributed by atoms with Crippen molar-refractivity contribution in [3.8, 4) is 5.75 Å². The van der Waals surface area contributed by atoms with E-state index in [1.54, 1.807) is 19.5 Å². The topological polar surface area (TPSA) is 50.8 Å². The molecule has 0 spiro atoms. The minimum Gasteiger partial charge on any atom is -0.493 e. The number of hydrogen-bond donors (Lipinski definition) is 1. The van der Waals surface area contributed by atoms with Crippen LogP contribution in [0.2, 0.25) is 0 Å². The van der Waals surface area contributed by atoms with Gasteiger partial charge in [0.1, 0.15) is 5.52 Å². The normalized spacial score (nSPS) is 12.0. The van der Waals surface area contributed by atoms with Crippen molar-refractivity contribution in [3.63, 3.8) is 0 Å². The molecular formula is C11H15N3O. The molecule has 80 valence electrons. The number of aromatic nitrogens is 3. The molecule has 4 nitrogen and oxygen atoms in total. The fourth-order valence-electron chi connectivity index (χ4n) is 1.39. The third kappa shape index (κ3) is 1.67. The number of rotatable bonds is 1. The highest BCUT2D eigenvalue weighted by molar-refractivity contribution is 5.78. The van der Waals surface area contributed by atoms with Gasteiger partial charge in [-0.1, -0.05) is 20.8 Å². The van der Waals surface area contributed by atoms with E-state index >= 15 is 0 Å². The van der Waals surface area contributed by atoms with E-state index in [1.165, 1.54) is 0 Å². The van der Waals surface area contributed by atoms with Gasteiger partial charge in [0.2, 0.25) is 0 Å². The number of H-pyrrole nitrogens is 1. The van der Waals surface area contributed by atoms with E-state index in [0.717, 1.165) is 22.6 Å². The van der Waals surface area contributed by atoms with Crippen molar-refractivity contribution in [3.05, 3.63) is 18.1 Å². The molecule has 0 radical (unpaired) electrons. The molecule has 0 saturated heterocycles. The summed E-state index contributed by atoms with van der Waals surface area (Å²) in [5.41, 5.74) is 2.53. The molecular weight excluding hydrogens is 190 g/mol. The van der Waals surface area contributed by atoms with E-state index in [1.807, 2.05) is 0 Å². The monoisotopic (exact) mass is 205 g/mol. The summed E-state index contributed by atoms with van der Waals surface area (Å²) < 4.78 is 5.20. The molecule has 2 aromatic rings. The zero-order valence-corrected chi connectivity index (χ0v) is 9.46. The minimum atomic E-state index is 0.00344. The smallest absolute Gasteiger partial charge is 0.164 e. The largest absolute Gasteiger partial charge is 0.493 e. The second kappa shape index (κ2) is 3.22. The van der Waals surface area contributed by atoms with Gasteiger partial charge in [0.15, 0.2) is 11.4 Å². The zero-order chi connectivity index (χ0) is 11.1. The van der Waals surface area contributed by atoms with Gasteiger partial charge < -0.3 is 9.72 Å². The fraction of sp³-hybridized carbons (Fsp3) is 0.455. The van der Waals surface area contributed by atoms with E-state index < -0.39 is 0 Å². The molecule has 0 atom stereocenters. The van der Waals surface area contributed by atoms with E-state index in [-0.39, 0.29) is 5.41 Å². The molecule has 0 aliphatic carbocycles. The summed E-state index contributed by atoms with van der Waals surface area (Å²) in [6.45, 7) is 6.34. The summed E-state index contributed by atoms with van der Waals surface area (Å²) in [5, 5.41) is 0. The summed E-state index contributed by atoms with van der Waals surface area (Å²) >= 11 is 0. The molecule has 4 heteroatoms. The molecule has 2 heterocycles. The Labute approximate surface area is 88.7 Å². The Hall–Kier alpha value is -1.58. The number of methoxy groups -OCH3 is 1. The van der Waals surface area contributed by atoms with Gasteiger partial charge in [-0.05, 0) is 0 Å². The Balaban J connectivity index is 2.63. The summed E-state index contributed by atoms with van der Waals surface area (Å²) in [6.07, 6.45) is 3.58. The first-order chi connectivity index (χ1) is 7.02. The fourth-order valence-corrected chi connectivity index (χ4v) is 1.39. The van der Waals surface area contributed by atoms with Crippen LogP contribution in [-0.4, -0.2) is 22.1 Å². The molecule has 0 aromatic carbocycles. The number of aromatic amines is 1. The predicted molar refractivity (Wildman–Crippen MR) is 59.1 cm³/mol. The molecule has 0 aliphatic heterocycles. The molecule has 1 N–H and O–H groups in total. The maximum absolute atomic E-state index is 5.20. The lowest BCUT2D eigenvalue weighted by Crippen LogP contribution is -2.13. The number of fused-ring (bicyclic) bond motifs is 1. The molecule has 0 saturated carbocycles. The number of hydrogen-bond acceptors (Lipinski definition) is 3. The molecule has 0 aliphatic rings. The van der Waals surface area contributed by atoms with Crippen LogP contribution >= 0.6 is 0 Å². The van der Waals surface area contributed by atoms with Crippen molar-refractivity contribution in [1.82, 2.24) is 15.0 Å². The van der Waals surface area contributed by atoms with Crippen LogP contribution in [0.4, 0.5) is 0 Å². The third-order valence-corrected chi connectivity index (χ3v) is 2.33. The van der Waals surface area contributed by atoms with Gasteiger partial charge in [-0.3, -0.25) is 0 Å². The highest BCUT2D eigenvalue weighted by Gasteiger charge is 2.17. The number of nitrogens with one attached hydrogen (secondary N) is 1. The van der Waals surface area contributed by atoms with Crippen molar-refractivity contribution in [2.75, 3.05) is 7.11 Å². The van der Waals surface area contributed by atoms with Crippen molar-refractivity contribution >= 4 is 11.2 Å². The summed E-state index contributed by atoms with van der Waals surface area (Å²) in [7, 11) is 1.63. The standard InChI is InChI=1S/C11H15N3O/c1-11(2,3)8-6-13-10-9(14-8)7(15-4)5-12-10/h5-6H,1-4H3,(H,12,13). The molecule has 2 aromatic heterocycles. The maximum atomic E-state index is 5.20. The first-order valence-electron chi connectivity index (χ1n) is 4.91. The Bertz CT molecular complexity index is 482. The Morgan fingerprint density at radius 1 is 1.33 bits per heavy atom. The highest BCUT2D eigenvalue weighted by Crippen LogP contribution is 2.25. The zero-order valence-electron chi connectivity index (χ0n) is 9.46. The second-order valence-corrected chi connectivity index (χ2v) is 4.56. The van der Waals surface area contributed by atoms with Crippen molar-refractivity contribution in [2.45, 2.75) is 26.2 Å². The maximum Gasteiger partial charge on any atom is 0.164 e. The number of nitrogens with zero attached hydrogens (tertiary/aromatic N) is 2. The van der Waals surface area contributed by atoms with Crippen molar-refractivity contribution < 1.29 is 4.74 Å². The molecule has 0 bridgehead atoms. The Morgan fingerprint density at radius 2 is 2.07 bits per heavy atom.